The topological polar surface area (TPSA) is 214 Å². The van der Waals surface area contributed by atoms with Crippen LogP contribution in [0.3, 0.4) is 0 Å². The average molecular weight is 887 g/mol. The van der Waals surface area contributed by atoms with Crippen LogP contribution in [0.2, 0.25) is 5.02 Å². The Morgan fingerprint density at radius 2 is 1.71 bits per heavy atom. The van der Waals surface area contributed by atoms with E-state index in [0.717, 1.165) is 32.2 Å². The van der Waals surface area contributed by atoms with Gasteiger partial charge in [-0.1, -0.05) is 35.9 Å². The number of carbonyl (C=O) groups excluding carboxylic acids is 7. The summed E-state index contributed by atoms with van der Waals surface area (Å²) in [5.74, 6) is -2.68. The fraction of sp³-hybridized carbons (Fsp3) is 0.372. The molecule has 0 spiro atoms. The third kappa shape index (κ3) is 9.23. The predicted molar refractivity (Wildman–Crippen MR) is 223 cm³/mol. The van der Waals surface area contributed by atoms with Crippen molar-refractivity contribution in [3.63, 3.8) is 0 Å². The minimum absolute atomic E-state index is 0.00119. The Kier molecular flexibility index (Phi) is 13.7. The van der Waals surface area contributed by atoms with Crippen molar-refractivity contribution >= 4 is 69.8 Å². The molecule has 1 saturated heterocycles. The van der Waals surface area contributed by atoms with E-state index in [1.165, 1.54) is 36.6 Å². The summed E-state index contributed by atoms with van der Waals surface area (Å²) < 4.78 is 23.8. The van der Waals surface area contributed by atoms with Crippen molar-refractivity contribution in [1.29, 1.82) is 0 Å². The fourth-order valence-electron chi connectivity index (χ4n) is 7.55. The highest BCUT2D eigenvalue weighted by Crippen LogP contribution is 2.45. The Bertz CT molecular complexity index is 2480. The standard InChI is InChI=1S/C43H43ClN6O11S/c1-23-35-30(25-9-11-27(44)12-10-25)20-26(21-34(53)58-3)38-48-47-24(2)49(38)43(35)62-37(23)40(55)45-15-17-60-19-18-59-16-5-6-28(51)22-61-32-8-4-7-29-36(32)42(57)50(41(29)56)31-13-14-33(52)46-39(31)54/h4,7-12,20,26,31H,5-6,13-19,21-22H2,1-3H3,(H,45,55)(H,46,52,54)/t26-,31?/m1/s1. The van der Waals surface area contributed by atoms with E-state index in [1.54, 1.807) is 12.1 Å². The highest BCUT2D eigenvalue weighted by molar-refractivity contribution is 7.17. The molecule has 3 aliphatic heterocycles. The molecule has 0 bridgehead atoms. The highest BCUT2D eigenvalue weighted by Gasteiger charge is 2.46. The molecule has 1 fully saturated rings. The van der Waals surface area contributed by atoms with Gasteiger partial charge < -0.3 is 24.3 Å². The summed E-state index contributed by atoms with van der Waals surface area (Å²) >= 11 is 7.54. The molecule has 0 aliphatic carbocycles. The Balaban J connectivity index is 0.850. The van der Waals surface area contributed by atoms with Crippen molar-refractivity contribution in [2.75, 3.05) is 46.7 Å². The van der Waals surface area contributed by atoms with Crippen LogP contribution in [-0.4, -0.2) is 114 Å². The molecule has 2 aromatic heterocycles. The lowest BCUT2D eigenvalue weighted by Crippen LogP contribution is -2.54. The van der Waals surface area contributed by atoms with E-state index in [1.807, 2.05) is 36.6 Å². The highest BCUT2D eigenvalue weighted by atomic mass is 35.5. The second kappa shape index (κ2) is 19.3. The zero-order valence-corrected chi connectivity index (χ0v) is 35.7. The maximum absolute atomic E-state index is 13.6. The number of ketones is 1. The van der Waals surface area contributed by atoms with Crippen molar-refractivity contribution in [2.24, 2.45) is 0 Å². The molecule has 5 heterocycles. The zero-order valence-electron chi connectivity index (χ0n) is 34.1. The lowest BCUT2D eigenvalue weighted by molar-refractivity contribution is -0.141. The van der Waals surface area contributed by atoms with Gasteiger partial charge in [0.25, 0.3) is 17.7 Å². The number of methoxy groups -OCH3 is 1. The molecule has 19 heteroatoms. The van der Waals surface area contributed by atoms with Crippen LogP contribution in [-0.2, 0) is 33.4 Å². The first-order valence-electron chi connectivity index (χ1n) is 19.9. The van der Waals surface area contributed by atoms with Gasteiger partial charge in [-0.3, -0.25) is 48.3 Å². The third-order valence-corrected chi connectivity index (χ3v) is 12.1. The minimum atomic E-state index is -1.11. The number of ether oxygens (including phenoxy) is 4. The number of imide groups is 2. The number of aryl methyl sites for hydroxylation is 1. The first kappa shape index (κ1) is 44.0. The van der Waals surface area contributed by atoms with Gasteiger partial charge in [0.2, 0.25) is 11.8 Å². The number of nitrogens with zero attached hydrogens (tertiary/aromatic N) is 4. The number of rotatable bonds is 18. The van der Waals surface area contributed by atoms with Gasteiger partial charge in [0, 0.05) is 42.5 Å². The maximum atomic E-state index is 13.6. The zero-order chi connectivity index (χ0) is 44.1. The molecule has 2 atom stereocenters. The molecule has 3 aliphatic rings. The number of amides is 5. The number of benzene rings is 2. The summed E-state index contributed by atoms with van der Waals surface area (Å²) in [5.41, 5.74) is 3.32. The number of thiophene rings is 1. The lowest BCUT2D eigenvalue weighted by atomic mass is 9.92. The first-order valence-corrected chi connectivity index (χ1v) is 21.1. The fourth-order valence-corrected chi connectivity index (χ4v) is 8.97. The summed E-state index contributed by atoms with van der Waals surface area (Å²) in [6.45, 7) is 4.67. The Labute approximate surface area is 364 Å². The second-order valence-corrected chi connectivity index (χ2v) is 16.1. The van der Waals surface area contributed by atoms with Crippen LogP contribution < -0.4 is 15.4 Å². The molecule has 324 valence electrons. The molecule has 0 saturated carbocycles. The van der Waals surface area contributed by atoms with E-state index in [-0.39, 0.29) is 93.8 Å². The van der Waals surface area contributed by atoms with Gasteiger partial charge in [0.1, 0.15) is 35.0 Å². The van der Waals surface area contributed by atoms with Gasteiger partial charge in [-0.15, -0.1) is 21.5 Å². The predicted octanol–water partition coefficient (Wildman–Crippen LogP) is 4.28. The van der Waals surface area contributed by atoms with E-state index in [2.05, 4.69) is 20.8 Å². The summed E-state index contributed by atoms with van der Waals surface area (Å²) in [7, 11) is 1.34. The third-order valence-electron chi connectivity index (χ3n) is 10.6. The minimum Gasteiger partial charge on any atom is -0.485 e. The molecule has 0 radical (unpaired) electrons. The van der Waals surface area contributed by atoms with Crippen molar-refractivity contribution in [2.45, 2.75) is 57.9 Å². The molecular formula is C43H43ClN6O11S. The van der Waals surface area contributed by atoms with E-state index in [9.17, 15) is 33.6 Å². The normalized spacial score (nSPS) is 16.8. The molecular weight excluding hydrogens is 844 g/mol. The summed E-state index contributed by atoms with van der Waals surface area (Å²) in [4.78, 5) is 90.2. The number of Topliss-reactive ketones (excluding diaryl/α,β-unsaturated/α-hetero) is 1. The number of nitrogens with one attached hydrogen (secondary N) is 2. The second-order valence-electron chi connectivity index (χ2n) is 14.7. The van der Waals surface area contributed by atoms with Crippen LogP contribution in [0.4, 0.5) is 0 Å². The number of hydrogen-bond donors (Lipinski definition) is 2. The molecule has 2 aromatic carbocycles. The van der Waals surface area contributed by atoms with Gasteiger partial charge in [-0.05, 0) is 67.7 Å². The number of hydrogen-bond acceptors (Lipinski definition) is 14. The smallest absolute Gasteiger partial charge is 0.306 e. The van der Waals surface area contributed by atoms with Crippen LogP contribution in [0.5, 0.6) is 5.75 Å². The molecule has 1 unspecified atom stereocenters. The summed E-state index contributed by atoms with van der Waals surface area (Å²) in [5, 5.41) is 15.2. The van der Waals surface area contributed by atoms with E-state index < -0.39 is 41.6 Å². The number of piperidine rings is 1. The number of halogens is 1. The monoisotopic (exact) mass is 886 g/mol. The van der Waals surface area contributed by atoms with Crippen LogP contribution in [0, 0.1) is 13.8 Å². The SMILES string of the molecule is COC(=O)C[C@H]1C=C(c2ccc(Cl)cc2)c2c(sc(C(=O)NCCOCCOCCCC(=O)COc3cccc4c3C(=O)N(C3CCC(=O)NC3=O)C4=O)c2C)-n2c(C)nnc21. The van der Waals surface area contributed by atoms with E-state index in [0.29, 0.717) is 28.0 Å². The van der Waals surface area contributed by atoms with Crippen molar-refractivity contribution in [3.8, 4) is 10.8 Å². The average Bonchev–Trinajstić information content (AvgIpc) is 3.85. The molecule has 7 rings (SSSR count). The maximum Gasteiger partial charge on any atom is 0.306 e. The van der Waals surface area contributed by atoms with E-state index in [4.69, 9.17) is 30.5 Å². The Morgan fingerprint density at radius 1 is 0.952 bits per heavy atom. The molecule has 2 N–H and O–H groups in total. The van der Waals surface area contributed by atoms with Gasteiger partial charge >= 0.3 is 5.97 Å². The number of fused-ring (bicyclic) bond motifs is 4. The summed E-state index contributed by atoms with van der Waals surface area (Å²) in [6, 6.07) is 10.7. The van der Waals surface area contributed by atoms with Gasteiger partial charge in [0.15, 0.2) is 5.78 Å². The van der Waals surface area contributed by atoms with Crippen molar-refractivity contribution in [1.82, 2.24) is 30.3 Å². The largest absolute Gasteiger partial charge is 0.485 e. The lowest BCUT2D eigenvalue weighted by Gasteiger charge is -2.27. The van der Waals surface area contributed by atoms with Crippen LogP contribution in [0.15, 0.2) is 48.5 Å². The number of esters is 1. The first-order chi connectivity index (χ1) is 29.9. The van der Waals surface area contributed by atoms with Crippen LogP contribution in [0.1, 0.15) is 96.7 Å². The van der Waals surface area contributed by atoms with Gasteiger partial charge in [0.05, 0.1) is 49.4 Å². The van der Waals surface area contributed by atoms with Gasteiger partial charge in [-0.25, -0.2) is 0 Å². The molecule has 5 amide bonds. The van der Waals surface area contributed by atoms with Crippen molar-refractivity contribution < 1.29 is 52.5 Å². The van der Waals surface area contributed by atoms with Crippen LogP contribution in [0.25, 0.3) is 10.6 Å². The summed E-state index contributed by atoms with van der Waals surface area (Å²) in [6.07, 6.45) is 2.61. The Hall–Kier alpha value is -6.08. The number of allylic oxidation sites excluding steroid dienone is 1. The quantitative estimate of drug-likeness (QED) is 0.0812. The Morgan fingerprint density at radius 3 is 2.45 bits per heavy atom. The van der Waals surface area contributed by atoms with E-state index >= 15 is 0 Å². The number of carbonyl (C=O) groups is 7. The van der Waals surface area contributed by atoms with Crippen molar-refractivity contribution in [3.05, 3.63) is 97.9 Å². The molecule has 62 heavy (non-hydrogen) atoms. The van der Waals surface area contributed by atoms with Crippen LogP contribution >= 0.6 is 22.9 Å². The molecule has 17 nitrogen and oxygen atoms in total. The number of aromatic nitrogens is 3. The molecule has 4 aromatic rings. The van der Waals surface area contributed by atoms with Gasteiger partial charge in [-0.2, -0.15) is 0 Å².